The summed E-state index contributed by atoms with van der Waals surface area (Å²) in [5, 5.41) is 0. The van der Waals surface area contributed by atoms with Gasteiger partial charge in [-0.05, 0) is 0 Å². The number of ether oxygens (including phenoxy) is 8. The molecule has 0 saturated carbocycles. The van der Waals surface area contributed by atoms with E-state index < -0.39 is 12.3 Å². The highest BCUT2D eigenvalue weighted by Gasteiger charge is 2.59. The van der Waals surface area contributed by atoms with Crippen molar-refractivity contribution in [2.75, 3.05) is 140 Å². The Hall–Kier alpha value is -3.37. The second-order valence-corrected chi connectivity index (χ2v) is 9.78. The largest absolute Gasteiger partial charge is 0.364 e. The number of carbonyl (C=O) groups excluding carboxylic acids is 2. The van der Waals surface area contributed by atoms with Gasteiger partial charge in [-0.15, -0.1) is 0 Å². The van der Waals surface area contributed by atoms with Crippen LogP contribution in [0.15, 0.2) is 0 Å². The summed E-state index contributed by atoms with van der Waals surface area (Å²) in [5.74, 6) is 1.40. The molecule has 4 amide bonds. The van der Waals surface area contributed by atoms with Gasteiger partial charge in [0.1, 0.15) is 53.8 Å². The fraction of sp³-hybridized carbons (Fsp3) is 0.800. The third-order valence-corrected chi connectivity index (χ3v) is 6.38. The maximum atomic E-state index is 12.6. The molecule has 20 heteroatoms. The van der Waals surface area contributed by atoms with Gasteiger partial charge in [-0.2, -0.15) is 15.0 Å². The highest BCUT2D eigenvalue weighted by atomic mass is 16.5. The van der Waals surface area contributed by atoms with Gasteiger partial charge in [-0.3, -0.25) is 24.5 Å². The van der Waals surface area contributed by atoms with E-state index in [0.717, 1.165) is 0 Å². The van der Waals surface area contributed by atoms with Crippen molar-refractivity contribution >= 4 is 29.9 Å². The monoisotopic (exact) mass is 648 g/mol. The molecule has 3 rings (SSSR count). The summed E-state index contributed by atoms with van der Waals surface area (Å²) in [5.41, 5.74) is 0. The van der Waals surface area contributed by atoms with Crippen LogP contribution in [0.4, 0.5) is 27.4 Å². The Kier molecular flexibility index (Phi) is 16.1. The van der Waals surface area contributed by atoms with Crippen LogP contribution in [-0.4, -0.2) is 184 Å². The molecule has 1 aromatic heterocycles. The van der Waals surface area contributed by atoms with Crippen molar-refractivity contribution in [3.63, 3.8) is 0 Å². The van der Waals surface area contributed by atoms with Gasteiger partial charge < -0.3 is 47.7 Å². The van der Waals surface area contributed by atoms with Gasteiger partial charge in [-0.1, -0.05) is 0 Å². The number of amides is 4. The average Bonchev–Trinajstić information content (AvgIpc) is 3.44. The zero-order valence-corrected chi connectivity index (χ0v) is 27.9. The van der Waals surface area contributed by atoms with E-state index in [2.05, 4.69) is 15.0 Å². The van der Waals surface area contributed by atoms with Crippen LogP contribution in [0, 0.1) is 0 Å². The van der Waals surface area contributed by atoms with Crippen LogP contribution in [-0.2, 0) is 37.9 Å². The van der Waals surface area contributed by atoms with Crippen LogP contribution in [0.3, 0.4) is 0 Å². The van der Waals surface area contributed by atoms with Gasteiger partial charge >= 0.3 is 12.1 Å². The second-order valence-electron chi connectivity index (χ2n) is 9.78. The zero-order valence-electron chi connectivity index (χ0n) is 27.9. The Morgan fingerprint density at radius 2 is 0.778 bits per heavy atom. The van der Waals surface area contributed by atoms with Crippen molar-refractivity contribution in [1.29, 1.82) is 0 Å². The minimum atomic E-state index is -0.523. The maximum absolute atomic E-state index is 12.6. The Balaban J connectivity index is 0.000000314. The van der Waals surface area contributed by atoms with E-state index in [1.807, 2.05) is 14.1 Å². The van der Waals surface area contributed by atoms with Crippen LogP contribution in [0.25, 0.3) is 0 Å². The first-order chi connectivity index (χ1) is 21.7. The summed E-state index contributed by atoms with van der Waals surface area (Å²) in [6, 6.07) is -0.540. The predicted octanol–water partition coefficient (Wildman–Crippen LogP) is -0.505. The zero-order chi connectivity index (χ0) is 33.5. The number of anilines is 3. The second kappa shape index (κ2) is 19.2. The van der Waals surface area contributed by atoms with E-state index in [-0.39, 0.29) is 39.0 Å². The van der Waals surface area contributed by atoms with Crippen LogP contribution >= 0.6 is 0 Å². The van der Waals surface area contributed by atoms with E-state index in [1.165, 1.54) is 48.0 Å². The van der Waals surface area contributed by atoms with Gasteiger partial charge in [0.15, 0.2) is 12.3 Å². The molecule has 258 valence electrons. The number of hydrogen-bond acceptors (Lipinski definition) is 16. The molecule has 20 nitrogen and oxygen atoms in total. The predicted molar refractivity (Wildman–Crippen MR) is 160 cm³/mol. The van der Waals surface area contributed by atoms with Crippen molar-refractivity contribution in [2.24, 2.45) is 0 Å². The highest BCUT2D eigenvalue weighted by molar-refractivity contribution is 5.85. The van der Waals surface area contributed by atoms with E-state index in [9.17, 15) is 9.59 Å². The lowest BCUT2D eigenvalue weighted by Gasteiger charge is -2.28. The van der Waals surface area contributed by atoms with Crippen LogP contribution in [0.1, 0.15) is 0 Å². The Bertz CT molecular complexity index is 940. The summed E-state index contributed by atoms with van der Waals surface area (Å²) in [6.45, 7) is 1.54. The average molecular weight is 649 g/mol. The number of methoxy groups -OCH3 is 8. The first-order valence-electron chi connectivity index (χ1n) is 13.7. The highest BCUT2D eigenvalue weighted by Crippen LogP contribution is 2.34. The molecule has 0 aliphatic carbocycles. The number of nitrogens with zero attached hydrogens (tertiary/aromatic N) is 10. The SMILES string of the molecule is COCN(C)c1nc(N(C)COC)nc(N(COC)COC)n1.COCN1C(=O)N(COC)C2C1N(COC)C(=O)N2COC. The standard InChI is InChI=1S/C13H26N6O4.C12H22N4O6/c1-17(7-20-3)11-14-12(18(2)8-21-4)16-13(15-11)19(9-22-5)10-23-6;1-19-5-13-9-10(15(7-21-3)11(13)17)16(8-22-4)12(18)14(9)6-20-2/h7-10H2,1-6H3;9-10H,5-8H2,1-4H3. The smallest absolute Gasteiger partial charge is 0.327 e. The minimum absolute atomic E-state index is 0.0640. The van der Waals surface area contributed by atoms with Crippen molar-refractivity contribution in [3.05, 3.63) is 0 Å². The van der Waals surface area contributed by atoms with Gasteiger partial charge in [-0.25, -0.2) is 9.59 Å². The maximum Gasteiger partial charge on any atom is 0.327 e. The molecule has 0 atom stereocenters. The molecule has 0 unspecified atom stereocenters. The number of hydrogen-bond donors (Lipinski definition) is 0. The van der Waals surface area contributed by atoms with Gasteiger partial charge in [0, 0.05) is 71.0 Å². The first-order valence-corrected chi connectivity index (χ1v) is 13.7. The lowest BCUT2D eigenvalue weighted by Crippen LogP contribution is -2.48. The lowest BCUT2D eigenvalue weighted by molar-refractivity contribution is -0.0135. The number of urea groups is 2. The molecule has 0 aromatic carbocycles. The molecular weight excluding hydrogens is 600 g/mol. The van der Waals surface area contributed by atoms with Crippen molar-refractivity contribution < 1.29 is 47.5 Å². The molecule has 0 N–H and O–H groups in total. The van der Waals surface area contributed by atoms with Crippen LogP contribution in [0.5, 0.6) is 0 Å². The van der Waals surface area contributed by atoms with Crippen molar-refractivity contribution in [3.8, 4) is 0 Å². The molecule has 45 heavy (non-hydrogen) atoms. The Morgan fingerprint density at radius 1 is 0.489 bits per heavy atom. The van der Waals surface area contributed by atoms with Gasteiger partial charge in [0.25, 0.3) is 0 Å². The summed E-state index contributed by atoms with van der Waals surface area (Å²) >= 11 is 0. The third kappa shape index (κ3) is 9.33. The van der Waals surface area contributed by atoms with Crippen LogP contribution in [0.2, 0.25) is 0 Å². The summed E-state index contributed by atoms with van der Waals surface area (Å²) in [4.78, 5) is 49.6. The molecule has 1 aromatic rings. The molecular formula is C25H48N10O10. The molecule has 0 radical (unpaired) electrons. The van der Waals surface area contributed by atoms with Crippen molar-refractivity contribution in [2.45, 2.75) is 12.3 Å². The van der Waals surface area contributed by atoms with Gasteiger partial charge in [0.2, 0.25) is 17.8 Å². The first kappa shape index (κ1) is 37.8. The fourth-order valence-electron chi connectivity index (χ4n) is 4.64. The molecule has 0 spiro atoms. The minimum Gasteiger partial charge on any atom is -0.364 e. The van der Waals surface area contributed by atoms with E-state index in [0.29, 0.717) is 44.8 Å². The molecule has 0 bridgehead atoms. The molecule has 3 heterocycles. The summed E-state index contributed by atoms with van der Waals surface area (Å²) < 4.78 is 41.0. The van der Waals surface area contributed by atoms with Crippen molar-refractivity contribution in [1.82, 2.24) is 34.6 Å². The molecule has 2 fully saturated rings. The number of rotatable bonds is 19. The number of carbonyl (C=O) groups is 2. The van der Waals surface area contributed by atoms with E-state index in [4.69, 9.17) is 37.9 Å². The van der Waals surface area contributed by atoms with Gasteiger partial charge in [0.05, 0.1) is 0 Å². The summed E-state index contributed by atoms with van der Waals surface area (Å²) in [7, 11) is 16.0. The van der Waals surface area contributed by atoms with Crippen LogP contribution < -0.4 is 14.7 Å². The lowest BCUT2D eigenvalue weighted by atomic mass is 10.3. The topological polar surface area (TPSA) is 169 Å². The summed E-state index contributed by atoms with van der Waals surface area (Å²) in [6.07, 6.45) is -1.05. The normalized spacial score (nSPS) is 17.6. The van der Waals surface area contributed by atoms with E-state index >= 15 is 0 Å². The number of aromatic nitrogens is 3. The van der Waals surface area contributed by atoms with E-state index in [1.54, 1.807) is 43.1 Å². The molecule has 2 aliphatic heterocycles. The fourth-order valence-corrected chi connectivity index (χ4v) is 4.64. The molecule has 2 aliphatic rings. The Morgan fingerprint density at radius 3 is 1.04 bits per heavy atom. The Labute approximate surface area is 264 Å². The molecule has 2 saturated heterocycles. The number of fused-ring (bicyclic) bond motifs is 1. The quantitative estimate of drug-likeness (QED) is 0.176. The third-order valence-electron chi connectivity index (χ3n) is 6.38.